The molecule has 5 nitrogen and oxygen atoms in total. The SMILES string of the molecule is CN(Cc1ccccc1)C(=O)CNC(=O)CCC1CCNCC1. The van der Waals surface area contributed by atoms with Crippen molar-refractivity contribution in [3.63, 3.8) is 0 Å². The van der Waals surface area contributed by atoms with Gasteiger partial charge in [0.15, 0.2) is 0 Å². The van der Waals surface area contributed by atoms with Gasteiger partial charge in [0.2, 0.25) is 11.8 Å². The first kappa shape index (κ1) is 17.5. The van der Waals surface area contributed by atoms with Gasteiger partial charge in [0.25, 0.3) is 0 Å². The van der Waals surface area contributed by atoms with E-state index >= 15 is 0 Å². The molecule has 1 aliphatic rings. The van der Waals surface area contributed by atoms with E-state index in [1.807, 2.05) is 30.3 Å². The largest absolute Gasteiger partial charge is 0.347 e. The van der Waals surface area contributed by atoms with Gasteiger partial charge < -0.3 is 15.5 Å². The van der Waals surface area contributed by atoms with Crippen LogP contribution in [0.5, 0.6) is 0 Å². The van der Waals surface area contributed by atoms with Gasteiger partial charge in [-0.25, -0.2) is 0 Å². The zero-order valence-corrected chi connectivity index (χ0v) is 13.9. The average Bonchev–Trinajstić information content (AvgIpc) is 2.59. The Labute approximate surface area is 138 Å². The van der Waals surface area contributed by atoms with Gasteiger partial charge in [-0.3, -0.25) is 9.59 Å². The van der Waals surface area contributed by atoms with Gasteiger partial charge in [0.05, 0.1) is 6.54 Å². The molecule has 0 aromatic heterocycles. The van der Waals surface area contributed by atoms with Crippen LogP contribution in [0.15, 0.2) is 30.3 Å². The summed E-state index contributed by atoms with van der Waals surface area (Å²) in [7, 11) is 1.76. The summed E-state index contributed by atoms with van der Waals surface area (Å²) in [6.07, 6.45) is 3.72. The first-order chi connectivity index (χ1) is 11.1. The van der Waals surface area contributed by atoms with Crippen molar-refractivity contribution in [2.24, 2.45) is 5.92 Å². The molecule has 126 valence electrons. The Kier molecular flexibility index (Phi) is 7.07. The topological polar surface area (TPSA) is 61.4 Å². The van der Waals surface area contributed by atoms with E-state index in [4.69, 9.17) is 0 Å². The van der Waals surface area contributed by atoms with Crippen LogP contribution in [-0.2, 0) is 16.1 Å². The summed E-state index contributed by atoms with van der Waals surface area (Å²) >= 11 is 0. The maximum atomic E-state index is 12.1. The van der Waals surface area contributed by atoms with Crippen LogP contribution in [0.4, 0.5) is 0 Å². The Morgan fingerprint density at radius 3 is 2.61 bits per heavy atom. The van der Waals surface area contributed by atoms with Crippen LogP contribution < -0.4 is 10.6 Å². The number of nitrogens with one attached hydrogen (secondary N) is 2. The zero-order chi connectivity index (χ0) is 16.5. The van der Waals surface area contributed by atoms with Crippen LogP contribution in [0.3, 0.4) is 0 Å². The monoisotopic (exact) mass is 317 g/mol. The van der Waals surface area contributed by atoms with Crippen LogP contribution >= 0.6 is 0 Å². The molecule has 1 aromatic rings. The summed E-state index contributed by atoms with van der Waals surface area (Å²) in [6.45, 7) is 2.74. The third-order valence-electron chi connectivity index (χ3n) is 4.36. The lowest BCUT2D eigenvalue weighted by Gasteiger charge is -2.22. The molecular formula is C18H27N3O2. The van der Waals surface area contributed by atoms with Gasteiger partial charge in [-0.2, -0.15) is 0 Å². The molecule has 1 fully saturated rings. The molecule has 1 saturated heterocycles. The minimum Gasteiger partial charge on any atom is -0.347 e. The van der Waals surface area contributed by atoms with Gasteiger partial charge in [-0.1, -0.05) is 30.3 Å². The van der Waals surface area contributed by atoms with E-state index < -0.39 is 0 Å². The summed E-state index contributed by atoms with van der Waals surface area (Å²) in [6, 6.07) is 9.84. The van der Waals surface area contributed by atoms with E-state index in [0.29, 0.717) is 18.9 Å². The third kappa shape index (κ3) is 6.40. The van der Waals surface area contributed by atoms with Gasteiger partial charge in [-0.15, -0.1) is 0 Å². The van der Waals surface area contributed by atoms with Crippen molar-refractivity contribution in [2.45, 2.75) is 32.2 Å². The summed E-state index contributed by atoms with van der Waals surface area (Å²) in [5.74, 6) is 0.549. The second kappa shape index (κ2) is 9.30. The number of likely N-dealkylation sites (N-methyl/N-ethyl adjacent to an activating group) is 1. The first-order valence-corrected chi connectivity index (χ1v) is 8.40. The zero-order valence-electron chi connectivity index (χ0n) is 13.9. The molecule has 0 atom stereocenters. The quantitative estimate of drug-likeness (QED) is 0.802. The lowest BCUT2D eigenvalue weighted by Crippen LogP contribution is -2.38. The van der Waals surface area contributed by atoms with Crippen molar-refractivity contribution in [1.82, 2.24) is 15.5 Å². The summed E-state index contributed by atoms with van der Waals surface area (Å²) < 4.78 is 0. The van der Waals surface area contributed by atoms with E-state index in [0.717, 1.165) is 37.9 Å². The summed E-state index contributed by atoms with van der Waals surface area (Å²) in [5, 5.41) is 6.07. The number of hydrogen-bond donors (Lipinski definition) is 2. The number of benzene rings is 1. The van der Waals surface area contributed by atoms with Crippen LogP contribution in [0.25, 0.3) is 0 Å². The van der Waals surface area contributed by atoms with E-state index in [1.54, 1.807) is 11.9 Å². The Balaban J connectivity index is 1.63. The normalized spacial score (nSPS) is 15.2. The molecule has 23 heavy (non-hydrogen) atoms. The smallest absolute Gasteiger partial charge is 0.242 e. The molecule has 1 aliphatic heterocycles. The van der Waals surface area contributed by atoms with Gasteiger partial charge in [0.1, 0.15) is 0 Å². The molecule has 1 heterocycles. The second-order valence-electron chi connectivity index (χ2n) is 6.24. The number of rotatable bonds is 7. The number of carbonyl (C=O) groups is 2. The second-order valence-corrected chi connectivity index (χ2v) is 6.24. The highest BCUT2D eigenvalue weighted by molar-refractivity contribution is 5.84. The van der Waals surface area contributed by atoms with Crippen LogP contribution in [0.2, 0.25) is 0 Å². The number of amides is 2. The molecule has 0 spiro atoms. The van der Waals surface area contributed by atoms with Crippen molar-refractivity contribution in [2.75, 3.05) is 26.7 Å². The Hall–Kier alpha value is -1.88. The van der Waals surface area contributed by atoms with E-state index in [1.165, 1.54) is 0 Å². The molecule has 0 radical (unpaired) electrons. The molecule has 5 heteroatoms. The molecule has 1 aromatic carbocycles. The maximum absolute atomic E-state index is 12.1. The van der Waals surface area contributed by atoms with Crippen molar-refractivity contribution in [1.29, 1.82) is 0 Å². The van der Waals surface area contributed by atoms with Crippen molar-refractivity contribution in [3.8, 4) is 0 Å². The van der Waals surface area contributed by atoms with E-state index in [9.17, 15) is 9.59 Å². The highest BCUT2D eigenvalue weighted by atomic mass is 16.2. The molecule has 0 aliphatic carbocycles. The Morgan fingerprint density at radius 1 is 1.22 bits per heavy atom. The predicted molar refractivity (Wildman–Crippen MR) is 90.8 cm³/mol. The Morgan fingerprint density at radius 2 is 1.91 bits per heavy atom. The predicted octanol–water partition coefficient (Wildman–Crippen LogP) is 1.54. The fraction of sp³-hybridized carbons (Fsp3) is 0.556. The number of hydrogen-bond acceptors (Lipinski definition) is 3. The van der Waals surface area contributed by atoms with Crippen LogP contribution in [0, 0.1) is 5.92 Å². The molecular weight excluding hydrogens is 290 g/mol. The van der Waals surface area contributed by atoms with E-state index in [-0.39, 0.29) is 18.4 Å². The van der Waals surface area contributed by atoms with Crippen LogP contribution in [-0.4, -0.2) is 43.4 Å². The van der Waals surface area contributed by atoms with Crippen molar-refractivity contribution < 1.29 is 9.59 Å². The third-order valence-corrected chi connectivity index (χ3v) is 4.36. The number of piperidine rings is 1. The fourth-order valence-electron chi connectivity index (χ4n) is 2.85. The summed E-state index contributed by atoms with van der Waals surface area (Å²) in [5.41, 5.74) is 1.08. The molecule has 0 saturated carbocycles. The fourth-order valence-corrected chi connectivity index (χ4v) is 2.85. The van der Waals surface area contributed by atoms with Crippen LogP contribution in [0.1, 0.15) is 31.2 Å². The van der Waals surface area contributed by atoms with Crippen molar-refractivity contribution in [3.05, 3.63) is 35.9 Å². The van der Waals surface area contributed by atoms with Gasteiger partial charge >= 0.3 is 0 Å². The maximum Gasteiger partial charge on any atom is 0.242 e. The molecule has 2 rings (SSSR count). The first-order valence-electron chi connectivity index (χ1n) is 8.40. The lowest BCUT2D eigenvalue weighted by atomic mass is 9.93. The van der Waals surface area contributed by atoms with E-state index in [2.05, 4.69) is 10.6 Å². The summed E-state index contributed by atoms with van der Waals surface area (Å²) in [4.78, 5) is 25.6. The minimum atomic E-state index is -0.0657. The van der Waals surface area contributed by atoms with Gasteiger partial charge in [0, 0.05) is 20.0 Å². The standard InChI is InChI=1S/C18H27N3O2/c1-21(14-16-5-3-2-4-6-16)18(23)13-20-17(22)8-7-15-9-11-19-12-10-15/h2-6,15,19H,7-14H2,1H3,(H,20,22). The molecule has 0 unspecified atom stereocenters. The number of carbonyl (C=O) groups excluding carboxylic acids is 2. The van der Waals surface area contributed by atoms with Gasteiger partial charge in [-0.05, 0) is 43.8 Å². The average molecular weight is 317 g/mol. The van der Waals surface area contributed by atoms with Crippen molar-refractivity contribution >= 4 is 11.8 Å². The molecule has 2 N–H and O–H groups in total. The highest BCUT2D eigenvalue weighted by Crippen LogP contribution is 2.17. The minimum absolute atomic E-state index is 0.0232. The lowest BCUT2D eigenvalue weighted by molar-refractivity contribution is -0.132. The molecule has 2 amide bonds. The molecule has 0 bridgehead atoms. The highest BCUT2D eigenvalue weighted by Gasteiger charge is 2.15. The Bertz CT molecular complexity index is 498. The number of nitrogens with zero attached hydrogens (tertiary/aromatic N) is 1.